The number of halogens is 4. The normalized spacial score (nSPS) is 19.9. The molecular formula is C25H23Cl2F2N5O4. The number of likely N-dealkylation sites (tertiary alicyclic amines) is 1. The molecule has 2 aliphatic rings. The molecule has 1 unspecified atom stereocenters. The summed E-state index contributed by atoms with van der Waals surface area (Å²) in [5.41, 5.74) is -0.905. The summed E-state index contributed by atoms with van der Waals surface area (Å²) in [6, 6.07) is 6.59. The summed E-state index contributed by atoms with van der Waals surface area (Å²) in [5, 5.41) is 6.40. The quantitative estimate of drug-likeness (QED) is 0.396. The number of carbonyl (C=O) groups excluding carboxylic acids is 2. The molecule has 0 saturated carbocycles. The van der Waals surface area contributed by atoms with Crippen LogP contribution in [0.1, 0.15) is 19.3 Å². The Balaban J connectivity index is 1.49. The number of hydrogen-bond donors (Lipinski definition) is 2. The van der Waals surface area contributed by atoms with Crippen LogP contribution in [0.15, 0.2) is 36.7 Å². The van der Waals surface area contributed by atoms with Crippen molar-refractivity contribution in [3.63, 3.8) is 0 Å². The van der Waals surface area contributed by atoms with Gasteiger partial charge in [-0.05, 0) is 37.1 Å². The van der Waals surface area contributed by atoms with Gasteiger partial charge in [-0.15, -0.1) is 0 Å². The number of hydrogen-bond acceptors (Lipinski definition) is 7. The monoisotopic (exact) mass is 565 g/mol. The minimum absolute atomic E-state index is 0.0566. The largest absolute Gasteiger partial charge is 0.486 e. The Morgan fingerprint density at radius 2 is 2.05 bits per heavy atom. The molecule has 5 rings (SSSR count). The Kier molecular flexibility index (Phi) is 7.78. The number of alkyl halides is 2. The van der Waals surface area contributed by atoms with Gasteiger partial charge in [-0.2, -0.15) is 0 Å². The second kappa shape index (κ2) is 11.2. The highest BCUT2D eigenvalue weighted by Gasteiger charge is 2.37. The lowest BCUT2D eigenvalue weighted by Gasteiger charge is -2.25. The second-order valence-corrected chi connectivity index (χ2v) is 9.72. The van der Waals surface area contributed by atoms with Gasteiger partial charge in [0.2, 0.25) is 5.91 Å². The van der Waals surface area contributed by atoms with Gasteiger partial charge in [0, 0.05) is 30.1 Å². The zero-order valence-electron chi connectivity index (χ0n) is 19.9. The molecule has 9 nitrogen and oxygen atoms in total. The van der Waals surface area contributed by atoms with Crippen molar-refractivity contribution in [1.29, 1.82) is 0 Å². The number of carbonyl (C=O) groups is 2. The second-order valence-electron chi connectivity index (χ2n) is 8.92. The third kappa shape index (κ3) is 5.59. The first-order valence-corrected chi connectivity index (χ1v) is 12.8. The fraction of sp³-hybridized carbons (Fsp3) is 0.360. The highest BCUT2D eigenvalue weighted by atomic mass is 35.5. The lowest BCUT2D eigenvalue weighted by Crippen LogP contribution is -2.45. The summed E-state index contributed by atoms with van der Waals surface area (Å²) in [5.74, 6) is -1.27. The first-order chi connectivity index (χ1) is 18.3. The molecule has 3 atom stereocenters. The van der Waals surface area contributed by atoms with E-state index < -0.39 is 29.3 Å². The number of aromatic nitrogens is 2. The van der Waals surface area contributed by atoms with Crippen molar-refractivity contribution in [2.24, 2.45) is 0 Å². The van der Waals surface area contributed by atoms with Crippen molar-refractivity contribution < 1.29 is 27.8 Å². The van der Waals surface area contributed by atoms with Gasteiger partial charge in [0.25, 0.3) is 11.5 Å². The number of nitrogens with zero attached hydrogens (tertiary/aromatic N) is 3. The van der Waals surface area contributed by atoms with E-state index in [-0.39, 0.29) is 17.7 Å². The van der Waals surface area contributed by atoms with Crippen LogP contribution in [-0.4, -0.2) is 64.2 Å². The highest BCUT2D eigenvalue weighted by molar-refractivity contribution is 6.31. The van der Waals surface area contributed by atoms with Crippen LogP contribution >= 0.6 is 23.2 Å². The summed E-state index contributed by atoms with van der Waals surface area (Å²) in [6.07, 6.45) is 2.71. The summed E-state index contributed by atoms with van der Waals surface area (Å²) in [4.78, 5) is 35.2. The SMILES string of the molecule is O=C(Nc1cc2c(Nc3ccc(F)c(Cl)c3)ncnc2cc1O[C@H]1CCOC1)[C@H]1CCCN1C(=O)C(F)Cl. The molecule has 2 fully saturated rings. The molecule has 0 aliphatic carbocycles. The number of benzene rings is 2. The van der Waals surface area contributed by atoms with Crippen LogP contribution < -0.4 is 15.4 Å². The van der Waals surface area contributed by atoms with Crippen molar-refractivity contribution >= 4 is 63.1 Å². The molecule has 0 radical (unpaired) electrons. The van der Waals surface area contributed by atoms with E-state index in [9.17, 15) is 18.4 Å². The van der Waals surface area contributed by atoms with E-state index >= 15 is 0 Å². The van der Waals surface area contributed by atoms with Gasteiger partial charge in [-0.1, -0.05) is 23.2 Å². The molecule has 13 heteroatoms. The predicted molar refractivity (Wildman–Crippen MR) is 138 cm³/mol. The summed E-state index contributed by atoms with van der Waals surface area (Å²) < 4.78 is 38.7. The molecule has 200 valence electrons. The number of nitrogens with one attached hydrogen (secondary N) is 2. The first kappa shape index (κ1) is 26.3. The van der Waals surface area contributed by atoms with E-state index in [2.05, 4.69) is 20.6 Å². The number of rotatable bonds is 7. The molecule has 2 saturated heterocycles. The molecule has 3 heterocycles. The van der Waals surface area contributed by atoms with Crippen LogP contribution in [-0.2, 0) is 14.3 Å². The van der Waals surface area contributed by atoms with Gasteiger partial charge in [0.1, 0.15) is 35.9 Å². The van der Waals surface area contributed by atoms with E-state index in [1.165, 1.54) is 24.5 Å². The minimum atomic E-state index is -2.23. The van der Waals surface area contributed by atoms with Gasteiger partial charge in [0.05, 0.1) is 29.4 Å². The maximum Gasteiger partial charge on any atom is 0.273 e. The summed E-state index contributed by atoms with van der Waals surface area (Å²) in [6.45, 7) is 1.18. The zero-order chi connectivity index (χ0) is 26.8. The average Bonchev–Trinajstić information content (AvgIpc) is 3.59. The maximum absolute atomic E-state index is 13.6. The lowest BCUT2D eigenvalue weighted by atomic mass is 10.1. The van der Waals surface area contributed by atoms with Crippen molar-refractivity contribution in [3.05, 3.63) is 47.5 Å². The molecule has 0 bridgehead atoms. The summed E-state index contributed by atoms with van der Waals surface area (Å²) in [7, 11) is 0. The highest BCUT2D eigenvalue weighted by Crippen LogP contribution is 2.35. The third-order valence-electron chi connectivity index (χ3n) is 6.38. The molecular weight excluding hydrogens is 543 g/mol. The topological polar surface area (TPSA) is 106 Å². The molecule has 2 amide bonds. The van der Waals surface area contributed by atoms with Gasteiger partial charge in [-0.25, -0.2) is 18.7 Å². The molecule has 2 aliphatic heterocycles. The van der Waals surface area contributed by atoms with E-state index in [1.54, 1.807) is 12.1 Å². The van der Waals surface area contributed by atoms with Crippen LogP contribution in [0.5, 0.6) is 5.75 Å². The van der Waals surface area contributed by atoms with Crippen molar-refractivity contribution in [1.82, 2.24) is 14.9 Å². The summed E-state index contributed by atoms with van der Waals surface area (Å²) >= 11 is 11.3. The Labute approximate surface area is 226 Å². The number of fused-ring (bicyclic) bond motifs is 1. The van der Waals surface area contributed by atoms with Gasteiger partial charge in [-0.3, -0.25) is 9.59 Å². The molecule has 1 aromatic heterocycles. The molecule has 0 spiro atoms. The number of amides is 2. The smallest absolute Gasteiger partial charge is 0.273 e. The minimum Gasteiger partial charge on any atom is -0.486 e. The van der Waals surface area contributed by atoms with Gasteiger partial charge in [0.15, 0.2) is 0 Å². The first-order valence-electron chi connectivity index (χ1n) is 11.9. The number of ether oxygens (including phenoxy) is 2. The molecule has 2 N–H and O–H groups in total. The Morgan fingerprint density at radius 3 is 2.79 bits per heavy atom. The van der Waals surface area contributed by atoms with Crippen molar-refractivity contribution in [2.45, 2.75) is 37.0 Å². The number of anilines is 3. The van der Waals surface area contributed by atoms with E-state index in [0.717, 1.165) is 4.90 Å². The standard InChI is InChI=1S/C25H23Cl2F2N5O4/c26-16-8-13(3-4-17(16)28)32-23-15-9-19(33-24(35)20-2-1-6-34(20)25(36)22(27)29)21(10-18(15)30-12-31-23)38-14-5-7-37-11-14/h3-4,8-10,12,14,20,22H,1-2,5-7,11H2,(H,33,35)(H,30,31,32)/t14-,20+,22?/m0/s1. The fourth-order valence-electron chi connectivity index (χ4n) is 4.52. The van der Waals surface area contributed by atoms with Crippen LogP contribution in [0.25, 0.3) is 10.9 Å². The Bertz CT molecular complexity index is 1370. The van der Waals surface area contributed by atoms with Crippen molar-refractivity contribution in [3.8, 4) is 5.75 Å². The molecule has 2 aromatic carbocycles. The molecule has 38 heavy (non-hydrogen) atoms. The lowest BCUT2D eigenvalue weighted by molar-refractivity contribution is -0.138. The predicted octanol–water partition coefficient (Wildman–Crippen LogP) is 4.80. The van der Waals surface area contributed by atoms with Crippen LogP contribution in [0.4, 0.5) is 26.0 Å². The third-order valence-corrected chi connectivity index (χ3v) is 6.86. The Hall–Kier alpha value is -3.28. The Morgan fingerprint density at radius 1 is 1.21 bits per heavy atom. The van der Waals surface area contributed by atoms with Crippen LogP contribution in [0.2, 0.25) is 5.02 Å². The zero-order valence-corrected chi connectivity index (χ0v) is 21.4. The van der Waals surface area contributed by atoms with Crippen molar-refractivity contribution in [2.75, 3.05) is 30.4 Å². The average molecular weight is 566 g/mol. The van der Waals surface area contributed by atoms with E-state index in [0.29, 0.717) is 66.3 Å². The molecule has 3 aromatic rings. The van der Waals surface area contributed by atoms with E-state index in [1.807, 2.05) is 0 Å². The van der Waals surface area contributed by atoms with E-state index in [4.69, 9.17) is 32.7 Å². The fourth-order valence-corrected chi connectivity index (χ4v) is 4.83. The maximum atomic E-state index is 13.6. The van der Waals surface area contributed by atoms with Gasteiger partial charge >= 0.3 is 0 Å². The van der Waals surface area contributed by atoms with Crippen LogP contribution in [0.3, 0.4) is 0 Å². The van der Waals surface area contributed by atoms with Crippen LogP contribution in [0, 0.1) is 5.82 Å². The van der Waals surface area contributed by atoms with Gasteiger partial charge < -0.3 is 25.0 Å².